The molecule has 116 valence electrons. The summed E-state index contributed by atoms with van der Waals surface area (Å²) in [6, 6.07) is 28.0. The van der Waals surface area contributed by atoms with Gasteiger partial charge in [-0.05, 0) is 28.2 Å². The zero-order chi connectivity index (χ0) is 16.3. The lowest BCUT2D eigenvalue weighted by Gasteiger charge is -2.30. The minimum absolute atomic E-state index is 0.422. The first kappa shape index (κ1) is 15.5. The molecule has 0 heterocycles. The van der Waals surface area contributed by atoms with Crippen LogP contribution >= 0.6 is 0 Å². The van der Waals surface area contributed by atoms with Crippen LogP contribution in [0.1, 0.15) is 42.0 Å². The summed E-state index contributed by atoms with van der Waals surface area (Å²) < 4.78 is 0. The van der Waals surface area contributed by atoms with Crippen LogP contribution in [0.3, 0.4) is 0 Å². The van der Waals surface area contributed by atoms with Gasteiger partial charge in [-0.3, -0.25) is 0 Å². The highest BCUT2D eigenvalue weighted by Gasteiger charge is 2.33. The Morgan fingerprint density at radius 3 is 1.61 bits per heavy atom. The maximum atomic E-state index is 11.7. The lowest BCUT2D eigenvalue weighted by atomic mass is 9.79. The Morgan fingerprint density at radius 1 is 0.652 bits per heavy atom. The van der Waals surface area contributed by atoms with E-state index in [4.69, 9.17) is 0 Å². The van der Waals surface area contributed by atoms with Crippen LogP contribution in [-0.4, -0.2) is 5.11 Å². The molecule has 0 fully saturated rings. The van der Waals surface area contributed by atoms with Crippen molar-refractivity contribution in [2.45, 2.75) is 25.4 Å². The Bertz CT molecular complexity index is 721. The monoisotopic (exact) mass is 302 g/mol. The summed E-state index contributed by atoms with van der Waals surface area (Å²) in [5.74, 6) is 0.422. The summed E-state index contributed by atoms with van der Waals surface area (Å²) in [5.41, 5.74) is 2.75. The van der Waals surface area contributed by atoms with Gasteiger partial charge in [0, 0.05) is 0 Å². The molecule has 3 aromatic carbocycles. The maximum Gasteiger partial charge on any atom is 0.140 e. The van der Waals surface area contributed by atoms with Crippen LogP contribution in [0.4, 0.5) is 0 Å². The van der Waals surface area contributed by atoms with Crippen molar-refractivity contribution in [3.8, 4) is 0 Å². The highest BCUT2D eigenvalue weighted by atomic mass is 16.3. The average molecular weight is 302 g/mol. The molecule has 0 saturated heterocycles. The summed E-state index contributed by atoms with van der Waals surface area (Å²) in [6.07, 6.45) is 0. The topological polar surface area (TPSA) is 20.2 Å². The summed E-state index contributed by atoms with van der Waals surface area (Å²) in [5, 5.41) is 11.7. The largest absolute Gasteiger partial charge is 0.376 e. The summed E-state index contributed by atoms with van der Waals surface area (Å²) in [6.45, 7) is 4.34. The van der Waals surface area contributed by atoms with E-state index in [2.05, 4.69) is 26.0 Å². The predicted octanol–water partition coefficient (Wildman–Crippen LogP) is 5.09. The Morgan fingerprint density at radius 2 is 1.13 bits per heavy atom. The fraction of sp³-hybridized carbons (Fsp3) is 0.182. The van der Waals surface area contributed by atoms with Crippen molar-refractivity contribution < 1.29 is 5.11 Å². The quantitative estimate of drug-likeness (QED) is 0.665. The number of rotatable bonds is 4. The van der Waals surface area contributed by atoms with Gasteiger partial charge in [-0.25, -0.2) is 0 Å². The number of hydrogen-bond donors (Lipinski definition) is 1. The van der Waals surface area contributed by atoms with Crippen LogP contribution < -0.4 is 0 Å². The van der Waals surface area contributed by atoms with Crippen LogP contribution in [0.25, 0.3) is 0 Å². The van der Waals surface area contributed by atoms with Crippen LogP contribution in [0.15, 0.2) is 84.9 Å². The van der Waals surface area contributed by atoms with Gasteiger partial charge in [-0.2, -0.15) is 0 Å². The van der Waals surface area contributed by atoms with E-state index in [1.807, 2.05) is 72.8 Å². The molecule has 1 N–H and O–H groups in total. The van der Waals surface area contributed by atoms with Crippen LogP contribution in [0.2, 0.25) is 0 Å². The zero-order valence-electron chi connectivity index (χ0n) is 13.6. The van der Waals surface area contributed by atoms with Crippen LogP contribution in [-0.2, 0) is 5.60 Å². The highest BCUT2D eigenvalue weighted by molar-refractivity contribution is 5.47. The molecular formula is C22H22O. The van der Waals surface area contributed by atoms with E-state index in [-0.39, 0.29) is 0 Å². The highest BCUT2D eigenvalue weighted by Crippen LogP contribution is 2.37. The summed E-state index contributed by atoms with van der Waals surface area (Å²) in [7, 11) is 0. The van der Waals surface area contributed by atoms with Gasteiger partial charge in [0.25, 0.3) is 0 Å². The molecule has 0 aromatic heterocycles. The molecule has 23 heavy (non-hydrogen) atoms. The van der Waals surface area contributed by atoms with Crippen molar-refractivity contribution in [2.75, 3.05) is 0 Å². The Balaban J connectivity index is 2.23. The molecule has 0 aliphatic carbocycles. The lowest BCUT2D eigenvalue weighted by molar-refractivity contribution is 0.125. The minimum Gasteiger partial charge on any atom is -0.376 e. The van der Waals surface area contributed by atoms with Crippen molar-refractivity contribution in [3.05, 3.63) is 107 Å². The molecule has 0 atom stereocenters. The molecule has 1 nitrogen and oxygen atoms in total. The Labute approximate surface area is 138 Å². The normalized spacial score (nSPS) is 11.7. The molecular weight excluding hydrogens is 280 g/mol. The van der Waals surface area contributed by atoms with Gasteiger partial charge in [-0.1, -0.05) is 98.8 Å². The second-order valence-corrected chi connectivity index (χ2v) is 6.22. The third kappa shape index (κ3) is 2.93. The van der Waals surface area contributed by atoms with Gasteiger partial charge in [0.2, 0.25) is 0 Å². The molecule has 1 heteroatoms. The van der Waals surface area contributed by atoms with Crippen molar-refractivity contribution in [1.82, 2.24) is 0 Å². The summed E-state index contributed by atoms with van der Waals surface area (Å²) >= 11 is 0. The van der Waals surface area contributed by atoms with E-state index < -0.39 is 5.60 Å². The van der Waals surface area contributed by atoms with Gasteiger partial charge in [0.15, 0.2) is 0 Å². The van der Waals surface area contributed by atoms with E-state index >= 15 is 0 Å². The molecule has 3 aromatic rings. The van der Waals surface area contributed by atoms with Crippen LogP contribution in [0.5, 0.6) is 0 Å². The minimum atomic E-state index is -1.15. The van der Waals surface area contributed by atoms with Gasteiger partial charge in [-0.15, -0.1) is 0 Å². The average Bonchev–Trinajstić information content (AvgIpc) is 2.62. The summed E-state index contributed by atoms with van der Waals surface area (Å²) in [4.78, 5) is 0. The maximum absolute atomic E-state index is 11.7. The van der Waals surface area contributed by atoms with E-state index in [9.17, 15) is 5.11 Å². The third-order valence-corrected chi connectivity index (χ3v) is 4.35. The van der Waals surface area contributed by atoms with E-state index in [1.54, 1.807) is 0 Å². The first-order valence-corrected chi connectivity index (χ1v) is 8.06. The molecule has 3 rings (SSSR count). The fourth-order valence-corrected chi connectivity index (χ4v) is 2.98. The van der Waals surface area contributed by atoms with Crippen molar-refractivity contribution in [3.63, 3.8) is 0 Å². The van der Waals surface area contributed by atoms with Crippen molar-refractivity contribution >= 4 is 0 Å². The molecule has 0 aliphatic heterocycles. The number of hydrogen-bond acceptors (Lipinski definition) is 1. The first-order chi connectivity index (χ1) is 11.1. The molecule has 0 aliphatic rings. The van der Waals surface area contributed by atoms with Gasteiger partial charge < -0.3 is 5.11 Å². The van der Waals surface area contributed by atoms with Crippen LogP contribution in [0, 0.1) is 0 Å². The van der Waals surface area contributed by atoms with Gasteiger partial charge >= 0.3 is 0 Å². The third-order valence-electron chi connectivity index (χ3n) is 4.35. The number of aliphatic hydroxyl groups is 1. The molecule has 0 radical (unpaired) electrons. The van der Waals surface area contributed by atoms with E-state index in [1.165, 1.54) is 5.56 Å². The standard InChI is InChI=1S/C22H22O/c1-17(2)18-10-9-15-21(16-18)22(23,19-11-5-3-6-12-19)20-13-7-4-8-14-20/h3-17,23H,1-2H3. The smallest absolute Gasteiger partial charge is 0.140 e. The second-order valence-electron chi connectivity index (χ2n) is 6.22. The fourth-order valence-electron chi connectivity index (χ4n) is 2.98. The second kappa shape index (κ2) is 6.39. The molecule has 0 spiro atoms. The van der Waals surface area contributed by atoms with E-state index in [0.717, 1.165) is 16.7 Å². The van der Waals surface area contributed by atoms with Gasteiger partial charge in [0.05, 0.1) is 0 Å². The van der Waals surface area contributed by atoms with Crippen molar-refractivity contribution in [2.24, 2.45) is 0 Å². The van der Waals surface area contributed by atoms with Gasteiger partial charge in [0.1, 0.15) is 5.60 Å². The molecule has 0 unspecified atom stereocenters. The van der Waals surface area contributed by atoms with Crippen molar-refractivity contribution in [1.29, 1.82) is 0 Å². The lowest BCUT2D eigenvalue weighted by Crippen LogP contribution is -2.29. The number of benzene rings is 3. The Hall–Kier alpha value is -2.38. The molecule has 0 amide bonds. The van der Waals surface area contributed by atoms with E-state index in [0.29, 0.717) is 5.92 Å². The zero-order valence-corrected chi connectivity index (χ0v) is 13.6. The molecule has 0 saturated carbocycles. The molecule has 0 bridgehead atoms. The SMILES string of the molecule is CC(C)c1cccc(C(O)(c2ccccc2)c2ccccc2)c1. The predicted molar refractivity (Wildman–Crippen MR) is 95.5 cm³/mol. The first-order valence-electron chi connectivity index (χ1n) is 8.06. The Kier molecular flexibility index (Phi) is 4.31.